The molecule has 1 saturated carbocycles. The third kappa shape index (κ3) is 3.05. The van der Waals surface area contributed by atoms with Gasteiger partial charge in [0, 0.05) is 19.1 Å². The Morgan fingerprint density at radius 1 is 1.45 bits per heavy atom. The summed E-state index contributed by atoms with van der Waals surface area (Å²) in [6.07, 6.45) is 3.45. The van der Waals surface area contributed by atoms with Gasteiger partial charge in [0.25, 0.3) is 10.0 Å². The fourth-order valence-electron chi connectivity index (χ4n) is 2.96. The van der Waals surface area contributed by atoms with Crippen LogP contribution in [0.2, 0.25) is 0 Å². The van der Waals surface area contributed by atoms with Crippen molar-refractivity contribution in [3.05, 3.63) is 17.5 Å². The highest BCUT2D eigenvalue weighted by Gasteiger charge is 2.41. The van der Waals surface area contributed by atoms with Crippen molar-refractivity contribution in [2.45, 2.75) is 42.0 Å². The van der Waals surface area contributed by atoms with Gasteiger partial charge in [-0.1, -0.05) is 6.07 Å². The minimum Gasteiger partial charge on any atom is -0.350 e. The average molecular weight is 343 g/mol. The van der Waals surface area contributed by atoms with E-state index in [1.807, 2.05) is 0 Å². The van der Waals surface area contributed by atoms with E-state index < -0.39 is 16.1 Å². The number of sulfonamides is 1. The van der Waals surface area contributed by atoms with E-state index >= 15 is 0 Å². The van der Waals surface area contributed by atoms with Gasteiger partial charge in [-0.3, -0.25) is 4.79 Å². The predicted octanol–water partition coefficient (Wildman–Crippen LogP) is 0.755. The first-order valence-electron chi connectivity index (χ1n) is 7.60. The summed E-state index contributed by atoms with van der Waals surface area (Å²) >= 11 is 1.18. The third-order valence-electron chi connectivity index (χ3n) is 4.34. The molecule has 2 aliphatic rings. The van der Waals surface area contributed by atoms with E-state index in [0.717, 1.165) is 12.8 Å². The molecule has 8 heteroatoms. The van der Waals surface area contributed by atoms with Crippen LogP contribution in [0.15, 0.2) is 21.7 Å². The monoisotopic (exact) mass is 343 g/mol. The van der Waals surface area contributed by atoms with Crippen LogP contribution in [-0.2, 0) is 14.8 Å². The molecule has 2 heterocycles. The number of nitrogens with zero attached hydrogens (tertiary/aromatic N) is 1. The van der Waals surface area contributed by atoms with E-state index in [2.05, 4.69) is 5.32 Å². The first-order chi connectivity index (χ1) is 10.5. The number of carbonyl (C=O) groups is 1. The molecular weight excluding hydrogens is 322 g/mol. The van der Waals surface area contributed by atoms with Gasteiger partial charge < -0.3 is 11.1 Å². The summed E-state index contributed by atoms with van der Waals surface area (Å²) < 4.78 is 26.9. The molecule has 0 radical (unpaired) electrons. The number of amides is 1. The van der Waals surface area contributed by atoms with Gasteiger partial charge in [-0.25, -0.2) is 8.42 Å². The molecule has 2 unspecified atom stereocenters. The summed E-state index contributed by atoms with van der Waals surface area (Å²) in [6, 6.07) is 2.65. The molecule has 0 aromatic carbocycles. The molecule has 1 aliphatic carbocycles. The van der Waals surface area contributed by atoms with Gasteiger partial charge in [-0.05, 0) is 43.0 Å². The SMILES string of the molecule is NCC(NC(=O)C1CCCN1S(=O)(=O)c1cccs1)C1CC1. The van der Waals surface area contributed by atoms with Crippen LogP contribution in [0.1, 0.15) is 25.7 Å². The molecule has 1 saturated heterocycles. The number of rotatable bonds is 6. The summed E-state index contributed by atoms with van der Waals surface area (Å²) in [6.45, 7) is 0.801. The van der Waals surface area contributed by atoms with E-state index in [9.17, 15) is 13.2 Å². The normalized spacial score (nSPS) is 24.3. The molecule has 22 heavy (non-hydrogen) atoms. The second-order valence-corrected chi connectivity index (χ2v) is 8.96. The standard InChI is InChI=1S/C14H21N3O3S2/c15-9-11(10-5-6-10)16-14(18)12-3-1-7-17(12)22(19,20)13-4-2-8-21-13/h2,4,8,10-12H,1,3,5-7,9,15H2,(H,16,18). The summed E-state index contributed by atoms with van der Waals surface area (Å²) in [5.74, 6) is 0.248. The molecule has 1 aliphatic heterocycles. The molecule has 3 rings (SSSR count). The number of nitrogens with two attached hydrogens (primary N) is 1. The van der Waals surface area contributed by atoms with Gasteiger partial charge in [0.1, 0.15) is 10.3 Å². The highest BCUT2D eigenvalue weighted by atomic mass is 32.2. The lowest BCUT2D eigenvalue weighted by Crippen LogP contribution is -2.51. The van der Waals surface area contributed by atoms with Crippen molar-refractivity contribution in [3.8, 4) is 0 Å². The van der Waals surface area contributed by atoms with Gasteiger partial charge in [0.2, 0.25) is 5.91 Å². The van der Waals surface area contributed by atoms with Crippen molar-refractivity contribution in [1.82, 2.24) is 9.62 Å². The predicted molar refractivity (Wildman–Crippen MR) is 84.9 cm³/mol. The average Bonchev–Trinajstić information content (AvgIpc) is 3.01. The summed E-state index contributed by atoms with van der Waals surface area (Å²) in [7, 11) is -3.58. The van der Waals surface area contributed by atoms with Crippen LogP contribution in [0.25, 0.3) is 0 Å². The van der Waals surface area contributed by atoms with E-state index in [1.165, 1.54) is 15.6 Å². The molecule has 3 N–H and O–H groups in total. The Labute approximate surface area is 134 Å². The second-order valence-electron chi connectivity index (χ2n) is 5.89. The zero-order valence-electron chi connectivity index (χ0n) is 12.3. The molecule has 1 aromatic heterocycles. The van der Waals surface area contributed by atoms with Gasteiger partial charge in [-0.2, -0.15) is 4.31 Å². The Bertz CT molecular complexity index is 626. The van der Waals surface area contributed by atoms with Crippen LogP contribution < -0.4 is 11.1 Å². The highest BCUT2D eigenvalue weighted by Crippen LogP contribution is 2.33. The lowest BCUT2D eigenvalue weighted by Gasteiger charge is -2.25. The van der Waals surface area contributed by atoms with E-state index in [0.29, 0.717) is 36.1 Å². The molecule has 1 aromatic rings. The van der Waals surface area contributed by atoms with Crippen molar-refractivity contribution >= 4 is 27.3 Å². The fourth-order valence-corrected chi connectivity index (χ4v) is 5.74. The lowest BCUT2D eigenvalue weighted by molar-refractivity contribution is -0.125. The van der Waals surface area contributed by atoms with Gasteiger partial charge in [0.05, 0.1) is 0 Å². The van der Waals surface area contributed by atoms with Crippen molar-refractivity contribution < 1.29 is 13.2 Å². The van der Waals surface area contributed by atoms with Crippen molar-refractivity contribution in [2.75, 3.05) is 13.1 Å². The number of carbonyl (C=O) groups excluding carboxylic acids is 1. The topological polar surface area (TPSA) is 92.5 Å². The molecule has 0 bridgehead atoms. The third-order valence-corrected chi connectivity index (χ3v) is 7.62. The number of hydrogen-bond acceptors (Lipinski definition) is 5. The maximum Gasteiger partial charge on any atom is 0.253 e. The first-order valence-corrected chi connectivity index (χ1v) is 9.92. The minimum absolute atomic E-state index is 0.0283. The minimum atomic E-state index is -3.58. The van der Waals surface area contributed by atoms with Crippen molar-refractivity contribution in [3.63, 3.8) is 0 Å². The molecule has 1 amide bonds. The maximum absolute atomic E-state index is 12.6. The zero-order valence-corrected chi connectivity index (χ0v) is 13.9. The molecular formula is C14H21N3O3S2. The second kappa shape index (κ2) is 6.27. The van der Waals surface area contributed by atoms with E-state index in [4.69, 9.17) is 5.73 Å². The zero-order chi connectivity index (χ0) is 15.7. The fraction of sp³-hybridized carbons (Fsp3) is 0.643. The largest absolute Gasteiger partial charge is 0.350 e. The quantitative estimate of drug-likeness (QED) is 0.797. The van der Waals surface area contributed by atoms with Crippen LogP contribution in [0.4, 0.5) is 0 Å². The summed E-state index contributed by atoms with van der Waals surface area (Å²) in [4.78, 5) is 12.5. The van der Waals surface area contributed by atoms with Crippen LogP contribution in [0.3, 0.4) is 0 Å². The summed E-state index contributed by atoms with van der Waals surface area (Å²) in [5.41, 5.74) is 5.71. The Kier molecular flexibility index (Phi) is 4.54. The van der Waals surface area contributed by atoms with Crippen molar-refractivity contribution in [2.24, 2.45) is 11.7 Å². The Hall–Kier alpha value is -0.960. The van der Waals surface area contributed by atoms with Gasteiger partial charge >= 0.3 is 0 Å². The van der Waals surface area contributed by atoms with Crippen LogP contribution in [0.5, 0.6) is 0 Å². The van der Waals surface area contributed by atoms with Crippen molar-refractivity contribution in [1.29, 1.82) is 0 Å². The van der Waals surface area contributed by atoms with Crippen LogP contribution in [-0.4, -0.2) is 43.8 Å². The maximum atomic E-state index is 12.6. The molecule has 2 fully saturated rings. The molecule has 122 valence electrons. The van der Waals surface area contributed by atoms with Gasteiger partial charge in [0.15, 0.2) is 0 Å². The first kappa shape index (κ1) is 15.9. The molecule has 6 nitrogen and oxygen atoms in total. The molecule has 2 atom stereocenters. The van der Waals surface area contributed by atoms with Crippen LogP contribution in [0, 0.1) is 5.92 Å². The smallest absolute Gasteiger partial charge is 0.253 e. The summed E-state index contributed by atoms with van der Waals surface area (Å²) in [5, 5.41) is 4.68. The Balaban J connectivity index is 1.74. The van der Waals surface area contributed by atoms with E-state index in [-0.39, 0.29) is 11.9 Å². The van der Waals surface area contributed by atoms with Gasteiger partial charge in [-0.15, -0.1) is 11.3 Å². The number of hydrogen-bond donors (Lipinski definition) is 2. The Morgan fingerprint density at radius 2 is 2.23 bits per heavy atom. The lowest BCUT2D eigenvalue weighted by atomic mass is 10.1. The Morgan fingerprint density at radius 3 is 2.82 bits per heavy atom. The number of nitrogens with one attached hydrogen (secondary N) is 1. The highest BCUT2D eigenvalue weighted by molar-refractivity contribution is 7.91. The van der Waals surface area contributed by atoms with E-state index in [1.54, 1.807) is 17.5 Å². The van der Waals surface area contributed by atoms with Crippen LogP contribution >= 0.6 is 11.3 Å². The molecule has 0 spiro atoms. The number of thiophene rings is 1.